The number of ether oxygens (including phenoxy) is 2. The van der Waals surface area contributed by atoms with Crippen LogP contribution in [0.25, 0.3) is 16.8 Å². The molecule has 7 heteroatoms. The van der Waals surface area contributed by atoms with Gasteiger partial charge in [0.15, 0.2) is 5.75 Å². The van der Waals surface area contributed by atoms with E-state index in [1.54, 1.807) is 43.5 Å². The lowest BCUT2D eigenvalue weighted by Gasteiger charge is -2.12. The molecule has 35 heavy (non-hydrogen) atoms. The quantitative estimate of drug-likeness (QED) is 0.193. The Hall–Kier alpha value is -3.79. The number of nitrogens with zero attached hydrogens (tertiary/aromatic N) is 1. The molecular formula is C28H20BrClN2O3. The number of nitrogens with one attached hydrogen (secondary N) is 1. The third-order valence-electron chi connectivity index (χ3n) is 5.24. The molecule has 0 radical (unpaired) electrons. The van der Waals surface area contributed by atoms with Gasteiger partial charge in [-0.05, 0) is 86.4 Å². The molecule has 0 aliphatic heterocycles. The van der Waals surface area contributed by atoms with Gasteiger partial charge in [0.2, 0.25) is 0 Å². The molecule has 1 amide bonds. The molecule has 0 atom stereocenters. The minimum absolute atomic E-state index is 0.0615. The standard InChI is InChI=1S/C28H20BrClN2O3/c1-34-24-10-8-23(9-11-24)32-28(33)22(16-31)13-19-14-25(29)27(26(30)15-19)35-17-18-6-7-20-4-2-3-5-21(20)12-18/h2-15H,17H2,1H3,(H,32,33)/b22-13-. The molecular weight excluding hydrogens is 528 g/mol. The van der Waals surface area contributed by atoms with Gasteiger partial charge in [-0.15, -0.1) is 0 Å². The van der Waals surface area contributed by atoms with Gasteiger partial charge >= 0.3 is 0 Å². The molecule has 174 valence electrons. The number of amides is 1. The summed E-state index contributed by atoms with van der Waals surface area (Å²) < 4.78 is 11.7. The summed E-state index contributed by atoms with van der Waals surface area (Å²) in [5.74, 6) is 0.626. The maximum absolute atomic E-state index is 12.6. The second-order valence-corrected chi connectivity index (χ2v) is 8.90. The van der Waals surface area contributed by atoms with Crippen LogP contribution in [0, 0.1) is 11.3 Å². The molecule has 0 bridgehead atoms. The average molecular weight is 548 g/mol. The van der Waals surface area contributed by atoms with Crippen molar-refractivity contribution in [2.45, 2.75) is 6.61 Å². The molecule has 0 unspecified atom stereocenters. The van der Waals surface area contributed by atoms with Crippen LogP contribution in [-0.4, -0.2) is 13.0 Å². The first-order chi connectivity index (χ1) is 17.0. The number of fused-ring (bicyclic) bond motifs is 1. The normalized spacial score (nSPS) is 11.1. The minimum atomic E-state index is -0.526. The zero-order valence-corrected chi connectivity index (χ0v) is 21.1. The topological polar surface area (TPSA) is 71.3 Å². The Morgan fingerprint density at radius 2 is 1.80 bits per heavy atom. The Balaban J connectivity index is 1.48. The summed E-state index contributed by atoms with van der Waals surface area (Å²) in [5, 5.41) is 14.9. The Labute approximate surface area is 216 Å². The Morgan fingerprint density at radius 1 is 1.06 bits per heavy atom. The monoisotopic (exact) mass is 546 g/mol. The first-order valence-electron chi connectivity index (χ1n) is 10.6. The lowest BCUT2D eigenvalue weighted by atomic mass is 10.1. The summed E-state index contributed by atoms with van der Waals surface area (Å²) in [5.41, 5.74) is 2.08. The van der Waals surface area contributed by atoms with E-state index in [9.17, 15) is 10.1 Å². The van der Waals surface area contributed by atoms with Crippen molar-refractivity contribution in [3.05, 3.63) is 105 Å². The summed E-state index contributed by atoms with van der Waals surface area (Å²) in [6.45, 7) is 0.339. The van der Waals surface area contributed by atoms with Crippen molar-refractivity contribution < 1.29 is 14.3 Å². The molecule has 0 spiro atoms. The molecule has 0 heterocycles. The number of carbonyl (C=O) groups excluding carboxylic acids is 1. The molecule has 0 aromatic heterocycles. The van der Waals surface area contributed by atoms with Crippen LogP contribution in [0.3, 0.4) is 0 Å². The highest BCUT2D eigenvalue weighted by Crippen LogP contribution is 2.36. The molecule has 0 saturated heterocycles. The summed E-state index contributed by atoms with van der Waals surface area (Å²) in [7, 11) is 1.56. The number of hydrogen-bond acceptors (Lipinski definition) is 4. The van der Waals surface area contributed by atoms with E-state index in [1.165, 1.54) is 6.08 Å². The van der Waals surface area contributed by atoms with Crippen LogP contribution in [0.4, 0.5) is 5.69 Å². The highest BCUT2D eigenvalue weighted by Gasteiger charge is 2.13. The number of rotatable bonds is 7. The number of nitriles is 1. The van der Waals surface area contributed by atoms with E-state index in [4.69, 9.17) is 21.1 Å². The van der Waals surface area contributed by atoms with Crippen LogP contribution in [0.2, 0.25) is 5.02 Å². The predicted octanol–water partition coefficient (Wildman–Crippen LogP) is 7.39. The first-order valence-corrected chi connectivity index (χ1v) is 11.8. The number of halogens is 2. The highest BCUT2D eigenvalue weighted by atomic mass is 79.9. The second kappa shape index (κ2) is 11.1. The fraction of sp³-hybridized carbons (Fsp3) is 0.0714. The van der Waals surface area contributed by atoms with Gasteiger partial charge in [-0.25, -0.2) is 0 Å². The van der Waals surface area contributed by atoms with Crippen molar-refractivity contribution in [2.75, 3.05) is 12.4 Å². The highest BCUT2D eigenvalue weighted by molar-refractivity contribution is 9.10. The fourth-order valence-corrected chi connectivity index (χ4v) is 4.46. The largest absolute Gasteiger partial charge is 0.497 e. The zero-order chi connectivity index (χ0) is 24.8. The lowest BCUT2D eigenvalue weighted by molar-refractivity contribution is -0.112. The molecule has 0 fully saturated rings. The first kappa shape index (κ1) is 24.3. The molecule has 4 rings (SSSR count). The van der Waals surface area contributed by atoms with Gasteiger partial charge in [-0.1, -0.05) is 48.0 Å². The number of benzene rings is 4. The van der Waals surface area contributed by atoms with Crippen LogP contribution in [0.5, 0.6) is 11.5 Å². The van der Waals surface area contributed by atoms with E-state index >= 15 is 0 Å². The fourth-order valence-electron chi connectivity index (χ4n) is 3.47. The number of anilines is 1. The number of hydrogen-bond donors (Lipinski definition) is 1. The van der Waals surface area contributed by atoms with Gasteiger partial charge < -0.3 is 14.8 Å². The summed E-state index contributed by atoms with van der Waals surface area (Å²) >= 11 is 9.97. The molecule has 5 nitrogen and oxygen atoms in total. The van der Waals surface area contributed by atoms with Crippen molar-refractivity contribution in [3.63, 3.8) is 0 Å². The third kappa shape index (κ3) is 6.02. The Morgan fingerprint density at radius 3 is 2.49 bits per heavy atom. The van der Waals surface area contributed by atoms with Gasteiger partial charge in [0.05, 0.1) is 16.6 Å². The van der Waals surface area contributed by atoms with Crippen molar-refractivity contribution in [1.82, 2.24) is 0 Å². The molecule has 0 saturated carbocycles. The van der Waals surface area contributed by atoms with Crippen molar-refractivity contribution in [1.29, 1.82) is 5.26 Å². The van der Waals surface area contributed by atoms with Gasteiger partial charge in [0.25, 0.3) is 5.91 Å². The zero-order valence-electron chi connectivity index (χ0n) is 18.7. The average Bonchev–Trinajstić information content (AvgIpc) is 2.87. The number of methoxy groups -OCH3 is 1. The van der Waals surface area contributed by atoms with Crippen LogP contribution in [-0.2, 0) is 11.4 Å². The summed E-state index contributed by atoms with van der Waals surface area (Å²) in [6.07, 6.45) is 1.47. The van der Waals surface area contributed by atoms with E-state index in [2.05, 4.69) is 45.5 Å². The predicted molar refractivity (Wildman–Crippen MR) is 143 cm³/mol. The van der Waals surface area contributed by atoms with Gasteiger partial charge in [-0.2, -0.15) is 5.26 Å². The van der Waals surface area contributed by atoms with Crippen molar-refractivity contribution in [3.8, 4) is 17.6 Å². The van der Waals surface area contributed by atoms with Gasteiger partial charge in [-0.3, -0.25) is 4.79 Å². The molecule has 1 N–H and O–H groups in total. The van der Waals surface area contributed by atoms with Gasteiger partial charge in [0.1, 0.15) is 24.0 Å². The summed E-state index contributed by atoms with van der Waals surface area (Å²) in [4.78, 5) is 12.6. The second-order valence-electron chi connectivity index (χ2n) is 7.64. The maximum Gasteiger partial charge on any atom is 0.266 e. The number of carbonyl (C=O) groups is 1. The maximum atomic E-state index is 12.6. The molecule has 4 aromatic rings. The molecule has 4 aromatic carbocycles. The minimum Gasteiger partial charge on any atom is -0.497 e. The van der Waals surface area contributed by atoms with Gasteiger partial charge in [0, 0.05) is 5.69 Å². The van der Waals surface area contributed by atoms with E-state index in [0.717, 1.165) is 16.3 Å². The smallest absolute Gasteiger partial charge is 0.266 e. The van der Waals surface area contributed by atoms with Crippen molar-refractivity contribution >= 4 is 56.0 Å². The van der Waals surface area contributed by atoms with E-state index in [0.29, 0.717) is 38.9 Å². The Bertz CT molecular complexity index is 1440. The van der Waals surface area contributed by atoms with Crippen LogP contribution >= 0.6 is 27.5 Å². The summed E-state index contributed by atoms with van der Waals surface area (Å²) in [6, 6.07) is 26.4. The lowest BCUT2D eigenvalue weighted by Crippen LogP contribution is -2.13. The molecule has 0 aliphatic rings. The van der Waals surface area contributed by atoms with E-state index < -0.39 is 5.91 Å². The van der Waals surface area contributed by atoms with Crippen LogP contribution in [0.15, 0.2) is 88.9 Å². The van der Waals surface area contributed by atoms with E-state index in [-0.39, 0.29) is 5.57 Å². The Kier molecular flexibility index (Phi) is 7.71. The van der Waals surface area contributed by atoms with E-state index in [1.807, 2.05) is 24.3 Å². The van der Waals surface area contributed by atoms with Crippen LogP contribution < -0.4 is 14.8 Å². The third-order valence-corrected chi connectivity index (χ3v) is 6.11. The molecule has 0 aliphatic carbocycles. The SMILES string of the molecule is COc1ccc(NC(=O)/C(C#N)=C\c2cc(Cl)c(OCc3ccc4ccccc4c3)c(Br)c2)cc1. The van der Waals surface area contributed by atoms with Crippen LogP contribution in [0.1, 0.15) is 11.1 Å². The van der Waals surface area contributed by atoms with Crippen molar-refractivity contribution in [2.24, 2.45) is 0 Å².